The Morgan fingerprint density at radius 2 is 1.69 bits per heavy atom. The third-order valence-electron chi connectivity index (χ3n) is 3.96. The van der Waals surface area contributed by atoms with Crippen LogP contribution in [0.5, 0.6) is 0 Å². The van der Waals surface area contributed by atoms with Crippen LogP contribution in [0.2, 0.25) is 0 Å². The zero-order chi connectivity index (χ0) is 23.0. The van der Waals surface area contributed by atoms with Gasteiger partial charge in [-0.15, -0.1) is 0 Å². The summed E-state index contributed by atoms with van der Waals surface area (Å²) in [5.74, 6) is -1.95. The molecule has 2 heterocycles. The molecule has 0 unspecified atom stereocenters. The van der Waals surface area contributed by atoms with E-state index >= 15 is 0 Å². The third-order valence-corrected chi connectivity index (χ3v) is 5.38. The van der Waals surface area contributed by atoms with Gasteiger partial charge in [-0.05, 0) is 48.0 Å². The lowest BCUT2D eigenvalue weighted by atomic mass is 10.2. The van der Waals surface area contributed by atoms with Crippen LogP contribution in [0, 0.1) is 0 Å². The van der Waals surface area contributed by atoms with Gasteiger partial charge in [0.25, 0.3) is 11.8 Å². The summed E-state index contributed by atoms with van der Waals surface area (Å²) in [7, 11) is -3.73. The molecular weight excluding hydrogens is 440 g/mol. The number of hydrogen-bond donors (Lipinski definition) is 2. The lowest BCUT2D eigenvalue weighted by Gasteiger charge is -2.05. The molecule has 3 rings (SSSR count). The second-order valence-electron chi connectivity index (χ2n) is 6.27. The first-order valence-corrected chi connectivity index (χ1v) is 10.7. The number of carbonyl (C=O) groups is 3. The Morgan fingerprint density at radius 1 is 0.969 bits per heavy atom. The number of amides is 2. The Kier molecular flexibility index (Phi) is 7.37. The molecule has 0 bridgehead atoms. The number of benzene rings is 1. The van der Waals surface area contributed by atoms with E-state index in [1.54, 1.807) is 12.1 Å². The van der Waals surface area contributed by atoms with Gasteiger partial charge in [0.1, 0.15) is 5.76 Å². The molecule has 0 aliphatic carbocycles. The van der Waals surface area contributed by atoms with Gasteiger partial charge in [-0.3, -0.25) is 14.9 Å². The highest BCUT2D eigenvalue weighted by molar-refractivity contribution is 7.89. The molecule has 0 spiro atoms. The molecule has 0 aliphatic rings. The lowest BCUT2D eigenvalue weighted by molar-refractivity contribution is -0.143. The maximum Gasteiger partial charge on any atom is 0.331 e. The second-order valence-corrected chi connectivity index (χ2v) is 8.04. The Bertz CT molecular complexity index is 1200. The number of carbonyl (C=O) groups excluding carboxylic acids is 3. The predicted molar refractivity (Wildman–Crippen MR) is 110 cm³/mol. The fourth-order valence-corrected chi connectivity index (χ4v) is 3.40. The van der Waals surface area contributed by atoms with E-state index in [0.29, 0.717) is 11.3 Å². The van der Waals surface area contributed by atoms with Crippen molar-refractivity contribution >= 4 is 33.9 Å². The highest BCUT2D eigenvalue weighted by atomic mass is 32.2. The van der Waals surface area contributed by atoms with Crippen LogP contribution in [0.3, 0.4) is 0 Å². The molecule has 3 aromatic rings. The number of furan rings is 2. The van der Waals surface area contributed by atoms with E-state index in [1.165, 1.54) is 55.0 Å². The quantitative estimate of drug-likeness (QED) is 0.365. The largest absolute Gasteiger partial charge is 0.468 e. The van der Waals surface area contributed by atoms with E-state index in [-0.39, 0.29) is 17.2 Å². The lowest BCUT2D eigenvalue weighted by Crippen LogP contribution is -2.33. The van der Waals surface area contributed by atoms with Crippen LogP contribution >= 0.6 is 0 Å². The van der Waals surface area contributed by atoms with Gasteiger partial charge in [0.15, 0.2) is 12.4 Å². The van der Waals surface area contributed by atoms with Crippen LogP contribution in [-0.2, 0) is 30.9 Å². The standard InChI is InChI=1S/C21H18N2O8S/c24-19(23-21(26)18-4-2-12-30-18)14-31-20(25)10-7-15-5-8-17(9-6-15)32(27,28)22-13-16-3-1-11-29-16/h1-12,22H,13-14H2,(H,23,24,26)/b10-7+. The SMILES string of the molecule is O=C(COC(=O)/C=C/c1ccc(S(=O)(=O)NCc2ccco2)cc1)NC(=O)c1ccco1. The molecule has 32 heavy (non-hydrogen) atoms. The first-order chi connectivity index (χ1) is 15.3. The highest BCUT2D eigenvalue weighted by Gasteiger charge is 2.15. The van der Waals surface area contributed by atoms with Crippen molar-refractivity contribution in [2.75, 3.05) is 6.61 Å². The minimum atomic E-state index is -3.73. The predicted octanol–water partition coefficient (Wildman–Crippen LogP) is 1.86. The summed E-state index contributed by atoms with van der Waals surface area (Å²) in [6.45, 7) is -0.641. The van der Waals surface area contributed by atoms with Crippen molar-refractivity contribution in [2.45, 2.75) is 11.4 Å². The number of hydrogen-bond acceptors (Lipinski definition) is 8. The number of sulfonamides is 1. The monoisotopic (exact) mass is 458 g/mol. The summed E-state index contributed by atoms with van der Waals surface area (Å²) < 4.78 is 41.7. The number of esters is 1. The Balaban J connectivity index is 1.46. The first kappa shape index (κ1) is 22.7. The summed E-state index contributed by atoms with van der Waals surface area (Å²) in [4.78, 5) is 35.1. The second kappa shape index (κ2) is 10.4. The van der Waals surface area contributed by atoms with Gasteiger partial charge in [0.05, 0.1) is 24.0 Å². The summed E-state index contributed by atoms with van der Waals surface area (Å²) in [5.41, 5.74) is 0.532. The minimum Gasteiger partial charge on any atom is -0.468 e. The molecule has 0 atom stereocenters. The summed E-state index contributed by atoms with van der Waals surface area (Å²) >= 11 is 0. The van der Waals surface area contributed by atoms with E-state index in [1.807, 2.05) is 5.32 Å². The number of imide groups is 1. The maximum absolute atomic E-state index is 12.3. The van der Waals surface area contributed by atoms with Crippen molar-refractivity contribution in [3.8, 4) is 0 Å². The van der Waals surface area contributed by atoms with Crippen molar-refractivity contribution in [1.29, 1.82) is 0 Å². The molecule has 2 amide bonds. The molecule has 1 aromatic carbocycles. The van der Waals surface area contributed by atoms with E-state index < -0.39 is 34.4 Å². The van der Waals surface area contributed by atoms with Gasteiger partial charge in [-0.25, -0.2) is 17.9 Å². The average molecular weight is 458 g/mol. The third kappa shape index (κ3) is 6.52. The van der Waals surface area contributed by atoms with Crippen LogP contribution in [0.1, 0.15) is 21.9 Å². The zero-order valence-electron chi connectivity index (χ0n) is 16.5. The molecular formula is C21H18N2O8S. The summed E-state index contributed by atoms with van der Waals surface area (Å²) in [6.07, 6.45) is 5.19. The molecule has 2 N–H and O–H groups in total. The first-order valence-electron chi connectivity index (χ1n) is 9.18. The fraction of sp³-hybridized carbons (Fsp3) is 0.0952. The van der Waals surface area contributed by atoms with Crippen LogP contribution in [-0.4, -0.2) is 32.8 Å². The minimum absolute atomic E-state index is 0.0174. The van der Waals surface area contributed by atoms with Gasteiger partial charge < -0.3 is 13.6 Å². The van der Waals surface area contributed by atoms with Gasteiger partial charge in [0.2, 0.25) is 10.0 Å². The number of rotatable bonds is 9. The van der Waals surface area contributed by atoms with Crippen molar-refractivity contribution in [2.24, 2.45) is 0 Å². The molecule has 10 nitrogen and oxygen atoms in total. The van der Waals surface area contributed by atoms with E-state index in [0.717, 1.165) is 6.08 Å². The molecule has 0 saturated carbocycles. The molecule has 11 heteroatoms. The van der Waals surface area contributed by atoms with Crippen LogP contribution in [0.25, 0.3) is 6.08 Å². The van der Waals surface area contributed by atoms with E-state index in [4.69, 9.17) is 13.6 Å². The molecule has 0 radical (unpaired) electrons. The van der Waals surface area contributed by atoms with Gasteiger partial charge >= 0.3 is 5.97 Å². The molecule has 0 saturated heterocycles. The van der Waals surface area contributed by atoms with Crippen LogP contribution in [0.4, 0.5) is 0 Å². The highest BCUT2D eigenvalue weighted by Crippen LogP contribution is 2.12. The Labute approximate surface area is 182 Å². The summed E-state index contributed by atoms with van der Waals surface area (Å²) in [5, 5.41) is 2.01. The van der Waals surface area contributed by atoms with Crippen LogP contribution in [0.15, 0.2) is 80.9 Å². The topological polar surface area (TPSA) is 145 Å². The van der Waals surface area contributed by atoms with Gasteiger partial charge in [-0.1, -0.05) is 12.1 Å². The average Bonchev–Trinajstić information content (AvgIpc) is 3.49. The molecule has 2 aromatic heterocycles. The van der Waals surface area contributed by atoms with Crippen molar-refractivity contribution in [3.05, 3.63) is 84.2 Å². The molecule has 0 aliphatic heterocycles. The van der Waals surface area contributed by atoms with E-state index in [2.05, 4.69) is 4.72 Å². The maximum atomic E-state index is 12.3. The Hall–Kier alpha value is -3.96. The zero-order valence-corrected chi connectivity index (χ0v) is 17.3. The number of nitrogens with one attached hydrogen (secondary N) is 2. The summed E-state index contributed by atoms with van der Waals surface area (Å²) in [6, 6.07) is 11.9. The van der Waals surface area contributed by atoms with Gasteiger partial charge in [0, 0.05) is 6.08 Å². The number of ether oxygens (including phenoxy) is 1. The van der Waals surface area contributed by atoms with Crippen molar-refractivity contribution in [3.63, 3.8) is 0 Å². The molecule has 166 valence electrons. The fourth-order valence-electron chi connectivity index (χ4n) is 2.40. The van der Waals surface area contributed by atoms with Crippen molar-refractivity contribution in [1.82, 2.24) is 10.0 Å². The van der Waals surface area contributed by atoms with Crippen LogP contribution < -0.4 is 10.0 Å². The molecule has 0 fully saturated rings. The van der Waals surface area contributed by atoms with Gasteiger partial charge in [-0.2, -0.15) is 0 Å². The smallest absolute Gasteiger partial charge is 0.331 e. The Morgan fingerprint density at radius 3 is 2.34 bits per heavy atom. The van der Waals surface area contributed by atoms with E-state index in [9.17, 15) is 22.8 Å². The normalized spacial score (nSPS) is 11.4. The van der Waals surface area contributed by atoms with Crippen molar-refractivity contribution < 1.29 is 36.4 Å².